The van der Waals surface area contributed by atoms with Crippen molar-refractivity contribution in [1.29, 1.82) is 0 Å². The summed E-state index contributed by atoms with van der Waals surface area (Å²) in [7, 11) is 3.38. The number of hydrazine groups is 1. The second-order valence-electron chi connectivity index (χ2n) is 8.42. The molecule has 7 heteroatoms. The Hall–Kier alpha value is -3.19. The van der Waals surface area contributed by atoms with Gasteiger partial charge in [-0.15, -0.1) is 0 Å². The number of nitrogens with two attached hydrogens (primary N) is 2. The summed E-state index contributed by atoms with van der Waals surface area (Å²) in [6.45, 7) is 0.445. The van der Waals surface area contributed by atoms with Gasteiger partial charge in [0.05, 0.1) is 11.4 Å². The normalized spacial score (nSPS) is 15.0. The third-order valence-corrected chi connectivity index (χ3v) is 5.82. The van der Waals surface area contributed by atoms with Gasteiger partial charge < -0.3 is 25.7 Å². The molecule has 7 nitrogen and oxygen atoms in total. The van der Waals surface area contributed by atoms with Crippen molar-refractivity contribution in [2.75, 3.05) is 26.0 Å². The molecule has 1 aliphatic rings. The number of benzene rings is 2. The lowest BCUT2D eigenvalue weighted by molar-refractivity contribution is 0.111. The lowest BCUT2D eigenvalue weighted by Gasteiger charge is -2.24. The molecule has 172 valence electrons. The summed E-state index contributed by atoms with van der Waals surface area (Å²) < 4.78 is 5.48. The van der Waals surface area contributed by atoms with Gasteiger partial charge in [0.25, 0.3) is 0 Å². The molecule has 1 fully saturated rings. The quantitative estimate of drug-likeness (QED) is 0.424. The highest BCUT2D eigenvalue weighted by molar-refractivity contribution is 5.70. The Morgan fingerprint density at radius 1 is 1.03 bits per heavy atom. The van der Waals surface area contributed by atoms with Crippen molar-refractivity contribution in [3.63, 3.8) is 0 Å². The molecular weight excluding hydrogens is 402 g/mol. The predicted octanol–water partition coefficient (Wildman–Crippen LogP) is 4.13. The smallest absolute Gasteiger partial charge is 0.410 e. The van der Waals surface area contributed by atoms with Crippen LogP contribution in [0.3, 0.4) is 0 Å². The number of hydrogen-bond acceptors (Lipinski definition) is 6. The van der Waals surface area contributed by atoms with E-state index in [2.05, 4.69) is 5.32 Å². The first-order chi connectivity index (χ1) is 15.4. The fourth-order valence-corrected chi connectivity index (χ4v) is 3.93. The first-order valence-electron chi connectivity index (χ1n) is 11.2. The number of likely N-dealkylation sites (N-methyl/N-ethyl adjacent to an activating group) is 1. The van der Waals surface area contributed by atoms with E-state index in [-0.39, 0.29) is 6.61 Å². The molecular formula is C25H35N5O2. The minimum absolute atomic E-state index is 0.0150. The summed E-state index contributed by atoms with van der Waals surface area (Å²) in [4.78, 5) is 14.0. The van der Waals surface area contributed by atoms with Gasteiger partial charge in [-0.3, -0.25) is 0 Å². The number of nitrogens with zero attached hydrogens (tertiary/aromatic N) is 2. The average molecular weight is 438 g/mol. The van der Waals surface area contributed by atoms with Gasteiger partial charge in [0.1, 0.15) is 6.61 Å². The van der Waals surface area contributed by atoms with Gasteiger partial charge in [-0.2, -0.15) is 0 Å². The van der Waals surface area contributed by atoms with Crippen molar-refractivity contribution in [3.8, 4) is 0 Å². The first kappa shape index (κ1) is 23.5. The molecule has 2 aromatic rings. The number of hydrogen-bond donors (Lipinski definition) is 3. The van der Waals surface area contributed by atoms with Crippen LogP contribution in [0.2, 0.25) is 0 Å². The van der Waals surface area contributed by atoms with Gasteiger partial charge in [0.2, 0.25) is 0 Å². The van der Waals surface area contributed by atoms with Gasteiger partial charge in [-0.1, -0.05) is 61.7 Å². The molecule has 0 saturated heterocycles. The van der Waals surface area contributed by atoms with E-state index in [9.17, 15) is 4.79 Å². The number of rotatable bonds is 8. The van der Waals surface area contributed by atoms with E-state index in [4.69, 9.17) is 16.3 Å². The largest absolute Gasteiger partial charge is 0.443 e. The van der Waals surface area contributed by atoms with E-state index in [0.29, 0.717) is 24.0 Å². The van der Waals surface area contributed by atoms with Crippen LogP contribution in [0.25, 0.3) is 5.70 Å². The van der Waals surface area contributed by atoms with Crippen LogP contribution in [0.1, 0.15) is 43.2 Å². The molecule has 0 unspecified atom stereocenters. The number of ether oxygens (including phenoxy) is 1. The van der Waals surface area contributed by atoms with E-state index in [1.54, 1.807) is 14.1 Å². The van der Waals surface area contributed by atoms with Crippen LogP contribution in [0.15, 0.2) is 60.3 Å². The van der Waals surface area contributed by atoms with E-state index < -0.39 is 6.09 Å². The summed E-state index contributed by atoms with van der Waals surface area (Å²) in [5, 5.41) is 5.00. The van der Waals surface area contributed by atoms with Crippen molar-refractivity contribution < 1.29 is 9.53 Å². The standard InChI is InChI=1S/C25H35N5O2/c1-29(17-19-9-5-3-6-10-19)25(31)32-18-23(30(2)27)24(26)20-13-15-22(16-14-20)28-21-11-7-4-8-12-21/h3,5-6,9-10,13-16,21,28H,4,7-8,11-12,17-18,26-27H2,1-2H3/b24-23-. The molecule has 0 spiro atoms. The summed E-state index contributed by atoms with van der Waals surface area (Å²) in [5.41, 5.74) is 10.4. The Kier molecular flexibility index (Phi) is 8.39. The maximum Gasteiger partial charge on any atom is 0.410 e. The fourth-order valence-electron chi connectivity index (χ4n) is 3.93. The molecule has 0 aromatic heterocycles. The molecule has 0 atom stereocenters. The maximum atomic E-state index is 12.4. The minimum atomic E-state index is -0.437. The van der Waals surface area contributed by atoms with Crippen molar-refractivity contribution in [2.45, 2.75) is 44.7 Å². The zero-order chi connectivity index (χ0) is 22.9. The Morgan fingerprint density at radius 2 is 1.69 bits per heavy atom. The van der Waals surface area contributed by atoms with Crippen LogP contribution in [-0.2, 0) is 11.3 Å². The Labute approximate surface area is 191 Å². The Balaban J connectivity index is 1.61. The molecule has 5 N–H and O–H groups in total. The fraction of sp³-hybridized carbons (Fsp3) is 0.400. The zero-order valence-electron chi connectivity index (χ0n) is 19.1. The monoisotopic (exact) mass is 437 g/mol. The molecule has 1 aliphatic carbocycles. The lowest BCUT2D eigenvalue weighted by atomic mass is 9.95. The summed E-state index contributed by atoms with van der Waals surface area (Å²) in [6, 6.07) is 18.3. The van der Waals surface area contributed by atoms with Crippen LogP contribution in [0.4, 0.5) is 10.5 Å². The first-order valence-corrected chi connectivity index (χ1v) is 11.2. The lowest BCUT2D eigenvalue weighted by Crippen LogP contribution is -2.33. The van der Waals surface area contributed by atoms with Gasteiger partial charge in [-0.25, -0.2) is 10.6 Å². The number of carbonyl (C=O) groups is 1. The van der Waals surface area contributed by atoms with Gasteiger partial charge in [0.15, 0.2) is 0 Å². The summed E-state index contributed by atoms with van der Waals surface area (Å²) >= 11 is 0. The van der Waals surface area contributed by atoms with Crippen LogP contribution < -0.4 is 16.9 Å². The molecule has 2 aromatic carbocycles. The molecule has 0 bridgehead atoms. The van der Waals surface area contributed by atoms with Gasteiger partial charge >= 0.3 is 6.09 Å². The van der Waals surface area contributed by atoms with Crippen LogP contribution >= 0.6 is 0 Å². The van der Waals surface area contributed by atoms with Crippen molar-refractivity contribution in [1.82, 2.24) is 9.91 Å². The average Bonchev–Trinajstić information content (AvgIpc) is 2.80. The highest BCUT2D eigenvalue weighted by atomic mass is 16.6. The molecule has 0 heterocycles. The second-order valence-corrected chi connectivity index (χ2v) is 8.42. The zero-order valence-corrected chi connectivity index (χ0v) is 19.1. The van der Waals surface area contributed by atoms with Crippen LogP contribution in [0.5, 0.6) is 0 Å². The van der Waals surface area contributed by atoms with Crippen molar-refractivity contribution in [3.05, 3.63) is 71.4 Å². The molecule has 0 radical (unpaired) electrons. The minimum Gasteiger partial charge on any atom is -0.443 e. The highest BCUT2D eigenvalue weighted by Crippen LogP contribution is 2.23. The number of amides is 1. The summed E-state index contributed by atoms with van der Waals surface area (Å²) in [6.07, 6.45) is 5.91. The number of carbonyl (C=O) groups excluding carboxylic acids is 1. The van der Waals surface area contributed by atoms with Gasteiger partial charge in [0, 0.05) is 32.4 Å². The molecule has 1 saturated carbocycles. The van der Waals surface area contributed by atoms with Gasteiger partial charge in [-0.05, 0) is 36.1 Å². The van der Waals surface area contributed by atoms with E-state index in [1.165, 1.54) is 42.0 Å². The SMILES string of the molecule is CN(Cc1ccccc1)C(=O)OC/C(=C(/N)c1ccc(NC2CCCCC2)cc1)N(C)N. The summed E-state index contributed by atoms with van der Waals surface area (Å²) in [5.74, 6) is 5.99. The third-order valence-electron chi connectivity index (χ3n) is 5.82. The van der Waals surface area contributed by atoms with Crippen LogP contribution in [0, 0.1) is 0 Å². The molecule has 1 amide bonds. The molecule has 0 aliphatic heterocycles. The predicted molar refractivity (Wildman–Crippen MR) is 129 cm³/mol. The molecule has 3 rings (SSSR count). The second kappa shape index (κ2) is 11.4. The third kappa shape index (κ3) is 6.65. The van der Waals surface area contributed by atoms with E-state index >= 15 is 0 Å². The number of nitrogens with one attached hydrogen (secondary N) is 1. The van der Waals surface area contributed by atoms with Crippen LogP contribution in [-0.4, -0.2) is 42.7 Å². The van der Waals surface area contributed by atoms with E-state index in [0.717, 1.165) is 16.8 Å². The Bertz CT molecular complexity index is 890. The highest BCUT2D eigenvalue weighted by Gasteiger charge is 2.16. The van der Waals surface area contributed by atoms with Crippen molar-refractivity contribution >= 4 is 17.5 Å². The van der Waals surface area contributed by atoms with E-state index in [1.807, 2.05) is 54.6 Å². The van der Waals surface area contributed by atoms with Crippen molar-refractivity contribution in [2.24, 2.45) is 11.6 Å². The molecule has 32 heavy (non-hydrogen) atoms. The maximum absolute atomic E-state index is 12.4. The Morgan fingerprint density at radius 3 is 2.31 bits per heavy atom. The topological polar surface area (TPSA) is 96.8 Å². The number of anilines is 1.